The summed E-state index contributed by atoms with van der Waals surface area (Å²) in [5, 5.41) is 8.80. The zero-order valence-electron chi connectivity index (χ0n) is 11.8. The molecule has 20 heavy (non-hydrogen) atoms. The molecule has 0 radical (unpaired) electrons. The fourth-order valence-corrected chi connectivity index (χ4v) is 2.29. The van der Waals surface area contributed by atoms with Crippen LogP contribution in [0.15, 0.2) is 28.7 Å². The minimum atomic E-state index is -0.888. The Morgan fingerprint density at radius 3 is 2.65 bits per heavy atom. The van der Waals surface area contributed by atoms with Crippen LogP contribution in [-0.2, 0) is 16.1 Å². The first kappa shape index (κ1) is 16.7. The molecule has 0 spiro atoms. The second-order valence-corrected chi connectivity index (χ2v) is 5.76. The summed E-state index contributed by atoms with van der Waals surface area (Å²) in [5.41, 5.74) is 0.987. The van der Waals surface area contributed by atoms with Crippen molar-refractivity contribution in [3.8, 4) is 0 Å². The van der Waals surface area contributed by atoms with E-state index in [2.05, 4.69) is 15.9 Å². The molecular weight excluding hydrogens is 322 g/mol. The van der Waals surface area contributed by atoms with E-state index in [9.17, 15) is 9.59 Å². The number of rotatable bonds is 7. The molecule has 1 aromatic carbocycles. The molecular formula is C15H20BrNO3. The molecule has 0 heterocycles. The van der Waals surface area contributed by atoms with Gasteiger partial charge in [-0.15, -0.1) is 0 Å². The Hall–Kier alpha value is -1.36. The zero-order chi connectivity index (χ0) is 15.1. The van der Waals surface area contributed by atoms with Gasteiger partial charge in [0.2, 0.25) is 5.91 Å². The average molecular weight is 342 g/mol. The standard InChI is InChI=1S/C15H20BrNO3/c1-3-11(2)15(20)17(8-7-14(18)19)10-12-5-4-6-13(16)9-12/h4-6,9,11H,3,7-8,10H2,1-2H3,(H,18,19). The van der Waals surface area contributed by atoms with E-state index < -0.39 is 5.97 Å². The Balaban J connectivity index is 2.81. The van der Waals surface area contributed by atoms with Crippen LogP contribution >= 0.6 is 15.9 Å². The Labute approximate surface area is 127 Å². The molecule has 1 unspecified atom stereocenters. The largest absolute Gasteiger partial charge is 0.481 e. The molecule has 0 aliphatic heterocycles. The van der Waals surface area contributed by atoms with Gasteiger partial charge in [0.1, 0.15) is 0 Å². The Kier molecular flexibility index (Phi) is 6.71. The van der Waals surface area contributed by atoms with Crippen LogP contribution in [0.25, 0.3) is 0 Å². The molecule has 0 saturated heterocycles. The maximum Gasteiger partial charge on any atom is 0.305 e. The summed E-state index contributed by atoms with van der Waals surface area (Å²) in [6.45, 7) is 4.51. The fourth-order valence-electron chi connectivity index (χ4n) is 1.84. The van der Waals surface area contributed by atoms with Gasteiger partial charge in [0, 0.05) is 23.5 Å². The van der Waals surface area contributed by atoms with Crippen molar-refractivity contribution >= 4 is 27.8 Å². The van der Waals surface area contributed by atoms with Gasteiger partial charge >= 0.3 is 5.97 Å². The van der Waals surface area contributed by atoms with Crippen LogP contribution < -0.4 is 0 Å². The Morgan fingerprint density at radius 1 is 1.40 bits per heavy atom. The van der Waals surface area contributed by atoms with Crippen LogP contribution in [0.2, 0.25) is 0 Å². The number of nitrogens with zero attached hydrogens (tertiary/aromatic N) is 1. The molecule has 4 nitrogen and oxygen atoms in total. The predicted octanol–water partition coefficient (Wildman–Crippen LogP) is 3.30. The van der Waals surface area contributed by atoms with Gasteiger partial charge in [0.25, 0.3) is 0 Å². The lowest BCUT2D eigenvalue weighted by Crippen LogP contribution is -2.36. The Morgan fingerprint density at radius 2 is 2.10 bits per heavy atom. The first-order chi connectivity index (χ1) is 9.43. The van der Waals surface area contributed by atoms with Crippen LogP contribution in [0.4, 0.5) is 0 Å². The van der Waals surface area contributed by atoms with E-state index in [0.717, 1.165) is 16.5 Å². The van der Waals surface area contributed by atoms with E-state index >= 15 is 0 Å². The fraction of sp³-hybridized carbons (Fsp3) is 0.467. The molecule has 0 saturated carbocycles. The summed E-state index contributed by atoms with van der Waals surface area (Å²) in [5.74, 6) is -0.967. The molecule has 0 aliphatic carbocycles. The third-order valence-corrected chi connectivity index (χ3v) is 3.70. The summed E-state index contributed by atoms with van der Waals surface area (Å²) >= 11 is 3.40. The van der Waals surface area contributed by atoms with Crippen LogP contribution in [0.1, 0.15) is 32.3 Å². The van der Waals surface area contributed by atoms with Crippen LogP contribution in [0.3, 0.4) is 0 Å². The number of hydrogen-bond acceptors (Lipinski definition) is 2. The van der Waals surface area contributed by atoms with E-state index in [1.165, 1.54) is 0 Å². The molecule has 110 valence electrons. The highest BCUT2D eigenvalue weighted by molar-refractivity contribution is 9.10. The maximum absolute atomic E-state index is 12.3. The van der Waals surface area contributed by atoms with Crippen molar-refractivity contribution in [3.05, 3.63) is 34.3 Å². The first-order valence-electron chi connectivity index (χ1n) is 6.69. The van der Waals surface area contributed by atoms with Gasteiger partial charge in [-0.3, -0.25) is 9.59 Å². The van der Waals surface area contributed by atoms with Gasteiger partial charge in [-0.25, -0.2) is 0 Å². The highest BCUT2D eigenvalue weighted by atomic mass is 79.9. The number of aliphatic carboxylic acids is 1. The normalized spacial score (nSPS) is 11.9. The molecule has 0 aromatic heterocycles. The van der Waals surface area contributed by atoms with Crippen molar-refractivity contribution in [1.82, 2.24) is 4.90 Å². The lowest BCUT2D eigenvalue weighted by Gasteiger charge is -2.25. The molecule has 0 fully saturated rings. The van der Waals surface area contributed by atoms with Gasteiger partial charge in [-0.05, 0) is 24.1 Å². The topological polar surface area (TPSA) is 57.6 Å². The van der Waals surface area contributed by atoms with Crippen molar-refractivity contribution in [2.45, 2.75) is 33.2 Å². The third-order valence-electron chi connectivity index (χ3n) is 3.20. The van der Waals surface area contributed by atoms with E-state index in [0.29, 0.717) is 6.54 Å². The number of carboxylic acids is 1. The second-order valence-electron chi connectivity index (χ2n) is 4.84. The van der Waals surface area contributed by atoms with Gasteiger partial charge in [-0.1, -0.05) is 41.9 Å². The van der Waals surface area contributed by atoms with Crippen LogP contribution in [0, 0.1) is 5.92 Å². The van der Waals surface area contributed by atoms with Gasteiger partial charge in [-0.2, -0.15) is 0 Å². The molecule has 5 heteroatoms. The van der Waals surface area contributed by atoms with E-state index in [4.69, 9.17) is 5.11 Å². The lowest BCUT2D eigenvalue weighted by atomic mass is 10.1. The van der Waals surface area contributed by atoms with Gasteiger partial charge in [0.05, 0.1) is 6.42 Å². The van der Waals surface area contributed by atoms with E-state index in [1.807, 2.05) is 38.1 Å². The van der Waals surface area contributed by atoms with Crippen molar-refractivity contribution in [3.63, 3.8) is 0 Å². The summed E-state index contributed by atoms with van der Waals surface area (Å²) in [6, 6.07) is 7.70. The monoisotopic (exact) mass is 341 g/mol. The van der Waals surface area contributed by atoms with Gasteiger partial charge in [0.15, 0.2) is 0 Å². The molecule has 1 atom stereocenters. The van der Waals surface area contributed by atoms with Crippen molar-refractivity contribution in [2.75, 3.05) is 6.54 Å². The molecule has 1 aromatic rings. The SMILES string of the molecule is CCC(C)C(=O)N(CCC(=O)O)Cc1cccc(Br)c1. The predicted molar refractivity (Wildman–Crippen MR) is 81.3 cm³/mol. The molecule has 1 N–H and O–H groups in total. The molecule has 1 rings (SSSR count). The number of halogens is 1. The van der Waals surface area contributed by atoms with E-state index in [-0.39, 0.29) is 24.8 Å². The summed E-state index contributed by atoms with van der Waals surface area (Å²) in [7, 11) is 0. The lowest BCUT2D eigenvalue weighted by molar-refractivity contribution is -0.140. The van der Waals surface area contributed by atoms with Crippen molar-refractivity contribution in [2.24, 2.45) is 5.92 Å². The second kappa shape index (κ2) is 8.04. The minimum Gasteiger partial charge on any atom is -0.481 e. The molecule has 1 amide bonds. The smallest absolute Gasteiger partial charge is 0.305 e. The van der Waals surface area contributed by atoms with E-state index in [1.54, 1.807) is 4.90 Å². The highest BCUT2D eigenvalue weighted by Crippen LogP contribution is 2.16. The first-order valence-corrected chi connectivity index (χ1v) is 7.48. The molecule has 0 bridgehead atoms. The minimum absolute atomic E-state index is 0.00808. The number of carbonyl (C=O) groups excluding carboxylic acids is 1. The number of benzene rings is 1. The highest BCUT2D eigenvalue weighted by Gasteiger charge is 2.20. The third kappa shape index (κ3) is 5.33. The van der Waals surface area contributed by atoms with Crippen LogP contribution in [0.5, 0.6) is 0 Å². The quantitative estimate of drug-likeness (QED) is 0.827. The summed E-state index contributed by atoms with van der Waals surface area (Å²) in [4.78, 5) is 24.7. The number of amides is 1. The summed E-state index contributed by atoms with van der Waals surface area (Å²) < 4.78 is 0.948. The summed E-state index contributed by atoms with van der Waals surface area (Å²) in [6.07, 6.45) is 0.719. The maximum atomic E-state index is 12.3. The zero-order valence-corrected chi connectivity index (χ0v) is 13.4. The average Bonchev–Trinajstić information content (AvgIpc) is 2.41. The van der Waals surface area contributed by atoms with Crippen molar-refractivity contribution in [1.29, 1.82) is 0 Å². The van der Waals surface area contributed by atoms with Gasteiger partial charge < -0.3 is 10.0 Å². The van der Waals surface area contributed by atoms with Crippen LogP contribution in [-0.4, -0.2) is 28.4 Å². The number of hydrogen-bond donors (Lipinski definition) is 1. The number of carboxylic acid groups (broad SMARTS) is 1. The molecule has 0 aliphatic rings. The Bertz CT molecular complexity index is 476. The van der Waals surface area contributed by atoms with Crippen molar-refractivity contribution < 1.29 is 14.7 Å². The number of carbonyl (C=O) groups is 2.